The number of rotatable bonds is 4. The van der Waals surface area contributed by atoms with Gasteiger partial charge in [0.1, 0.15) is 0 Å². The fourth-order valence-electron chi connectivity index (χ4n) is 1.96. The molecule has 0 aliphatic heterocycles. The zero-order valence-electron chi connectivity index (χ0n) is 10.3. The van der Waals surface area contributed by atoms with Gasteiger partial charge in [-0.2, -0.15) is 0 Å². The first-order valence-corrected chi connectivity index (χ1v) is 5.73. The molecule has 0 atom stereocenters. The molecule has 90 valence electrons. The molecule has 0 aliphatic rings. The fourth-order valence-corrected chi connectivity index (χ4v) is 1.96. The van der Waals surface area contributed by atoms with E-state index in [2.05, 4.69) is 28.3 Å². The minimum absolute atomic E-state index is 0.724. The number of nitrogen functional groups attached to an aromatic ring is 1. The van der Waals surface area contributed by atoms with Crippen molar-refractivity contribution in [1.29, 1.82) is 0 Å². The monoisotopic (exact) mass is 230 g/mol. The molecule has 2 aromatic rings. The van der Waals surface area contributed by atoms with Crippen LogP contribution in [0.5, 0.6) is 0 Å². The van der Waals surface area contributed by atoms with Crippen LogP contribution in [0.15, 0.2) is 30.5 Å². The summed E-state index contributed by atoms with van der Waals surface area (Å²) in [7, 11) is 4.00. The first-order chi connectivity index (χ1) is 8.24. The van der Waals surface area contributed by atoms with Gasteiger partial charge in [-0.25, -0.2) is 0 Å². The van der Waals surface area contributed by atoms with Crippen molar-refractivity contribution < 1.29 is 0 Å². The summed E-state index contributed by atoms with van der Waals surface area (Å²) in [5.41, 5.74) is 8.80. The van der Waals surface area contributed by atoms with E-state index in [0.29, 0.717) is 0 Å². The summed E-state index contributed by atoms with van der Waals surface area (Å²) in [6.45, 7) is 1.83. The second-order valence-corrected chi connectivity index (χ2v) is 4.10. The normalized spacial score (nSPS) is 10.7. The van der Waals surface area contributed by atoms with Gasteiger partial charge in [0.25, 0.3) is 0 Å². The molecule has 3 N–H and O–H groups in total. The first-order valence-electron chi connectivity index (χ1n) is 5.73. The van der Waals surface area contributed by atoms with Crippen molar-refractivity contribution in [3.63, 3.8) is 0 Å². The van der Waals surface area contributed by atoms with Crippen molar-refractivity contribution in [2.45, 2.75) is 0 Å². The average Bonchev–Trinajstić information content (AvgIpc) is 2.35. The zero-order chi connectivity index (χ0) is 12.3. The third-order valence-electron chi connectivity index (χ3n) is 2.85. The van der Waals surface area contributed by atoms with Crippen LogP contribution in [0.1, 0.15) is 0 Å². The Kier molecular flexibility index (Phi) is 3.44. The van der Waals surface area contributed by atoms with Crippen LogP contribution < -0.4 is 16.0 Å². The van der Waals surface area contributed by atoms with Gasteiger partial charge in [0, 0.05) is 25.5 Å². The molecule has 0 radical (unpaired) electrons. The van der Waals surface area contributed by atoms with Crippen LogP contribution in [0, 0.1) is 0 Å². The van der Waals surface area contributed by atoms with E-state index in [0.717, 1.165) is 35.4 Å². The Bertz CT molecular complexity index is 510. The molecule has 1 aromatic carbocycles. The molecule has 0 amide bonds. The van der Waals surface area contributed by atoms with E-state index in [1.165, 1.54) is 0 Å². The predicted octanol–water partition coefficient (Wildman–Crippen LogP) is 1.47. The summed E-state index contributed by atoms with van der Waals surface area (Å²) in [4.78, 5) is 6.50. The van der Waals surface area contributed by atoms with E-state index >= 15 is 0 Å². The van der Waals surface area contributed by atoms with Crippen LogP contribution in [0.2, 0.25) is 0 Å². The Balaban J connectivity index is 2.47. The molecule has 4 nitrogen and oxygen atoms in total. The predicted molar refractivity (Wildman–Crippen MR) is 73.4 cm³/mol. The molecule has 0 bridgehead atoms. The highest BCUT2D eigenvalue weighted by molar-refractivity contribution is 5.97. The number of likely N-dealkylation sites (N-methyl/N-ethyl adjacent to an activating group) is 2. The number of para-hydroxylation sites is 1. The quantitative estimate of drug-likeness (QED) is 0.835. The molecule has 0 fully saturated rings. The third-order valence-corrected chi connectivity index (χ3v) is 2.85. The van der Waals surface area contributed by atoms with Gasteiger partial charge < -0.3 is 16.0 Å². The van der Waals surface area contributed by atoms with Crippen LogP contribution in [0.25, 0.3) is 10.9 Å². The molecule has 4 heteroatoms. The van der Waals surface area contributed by atoms with E-state index in [1.807, 2.05) is 25.2 Å². The number of pyridine rings is 1. The summed E-state index contributed by atoms with van der Waals surface area (Å²) < 4.78 is 0. The van der Waals surface area contributed by atoms with Gasteiger partial charge in [0.2, 0.25) is 0 Å². The van der Waals surface area contributed by atoms with E-state index in [-0.39, 0.29) is 0 Å². The summed E-state index contributed by atoms with van der Waals surface area (Å²) >= 11 is 0. The second-order valence-electron chi connectivity index (χ2n) is 4.10. The maximum atomic E-state index is 6.03. The SMILES string of the molecule is CNCCN(C)c1c(N)cnc2ccccc12. The van der Waals surface area contributed by atoms with Crippen LogP contribution in [-0.2, 0) is 0 Å². The number of nitrogens with zero attached hydrogens (tertiary/aromatic N) is 2. The highest BCUT2D eigenvalue weighted by atomic mass is 15.1. The van der Waals surface area contributed by atoms with Gasteiger partial charge in [-0.3, -0.25) is 4.98 Å². The Morgan fingerprint density at radius 2 is 2.12 bits per heavy atom. The molecule has 17 heavy (non-hydrogen) atoms. The molecule has 1 heterocycles. The van der Waals surface area contributed by atoms with Gasteiger partial charge in [-0.05, 0) is 13.1 Å². The van der Waals surface area contributed by atoms with Crippen molar-refractivity contribution in [2.75, 3.05) is 37.8 Å². The molecular formula is C13H18N4. The van der Waals surface area contributed by atoms with E-state index in [9.17, 15) is 0 Å². The zero-order valence-corrected chi connectivity index (χ0v) is 10.3. The Morgan fingerprint density at radius 3 is 2.88 bits per heavy atom. The molecule has 0 saturated heterocycles. The first kappa shape index (κ1) is 11.7. The Hall–Kier alpha value is -1.81. The highest BCUT2D eigenvalue weighted by Gasteiger charge is 2.10. The van der Waals surface area contributed by atoms with Crippen molar-refractivity contribution >= 4 is 22.3 Å². The molecule has 2 rings (SSSR count). The smallest absolute Gasteiger partial charge is 0.0745 e. The Labute approximate surface area is 101 Å². The van der Waals surface area contributed by atoms with Gasteiger partial charge >= 0.3 is 0 Å². The van der Waals surface area contributed by atoms with Crippen molar-refractivity contribution in [3.05, 3.63) is 30.5 Å². The van der Waals surface area contributed by atoms with Gasteiger partial charge in [-0.15, -0.1) is 0 Å². The molecule has 0 unspecified atom stereocenters. The van der Waals surface area contributed by atoms with Gasteiger partial charge in [-0.1, -0.05) is 18.2 Å². The summed E-state index contributed by atoms with van der Waals surface area (Å²) in [6.07, 6.45) is 1.73. The lowest BCUT2D eigenvalue weighted by atomic mass is 10.1. The van der Waals surface area contributed by atoms with Crippen LogP contribution in [0.4, 0.5) is 11.4 Å². The number of nitrogens with one attached hydrogen (secondary N) is 1. The molecule has 0 aliphatic carbocycles. The number of hydrogen-bond acceptors (Lipinski definition) is 4. The van der Waals surface area contributed by atoms with Crippen LogP contribution >= 0.6 is 0 Å². The summed E-state index contributed by atoms with van der Waals surface area (Å²) in [5, 5.41) is 4.24. The number of fused-ring (bicyclic) bond motifs is 1. The fraction of sp³-hybridized carbons (Fsp3) is 0.308. The van der Waals surface area contributed by atoms with Crippen molar-refractivity contribution in [2.24, 2.45) is 0 Å². The van der Waals surface area contributed by atoms with Crippen molar-refractivity contribution in [1.82, 2.24) is 10.3 Å². The number of anilines is 2. The van der Waals surface area contributed by atoms with Crippen LogP contribution in [-0.4, -0.2) is 32.2 Å². The van der Waals surface area contributed by atoms with E-state index in [1.54, 1.807) is 6.20 Å². The third kappa shape index (κ3) is 2.31. The maximum Gasteiger partial charge on any atom is 0.0745 e. The van der Waals surface area contributed by atoms with Crippen molar-refractivity contribution in [3.8, 4) is 0 Å². The number of aromatic nitrogens is 1. The lowest BCUT2D eigenvalue weighted by molar-refractivity contribution is 0.769. The average molecular weight is 230 g/mol. The van der Waals surface area contributed by atoms with Gasteiger partial charge in [0.15, 0.2) is 0 Å². The largest absolute Gasteiger partial charge is 0.396 e. The Morgan fingerprint density at radius 1 is 1.35 bits per heavy atom. The minimum atomic E-state index is 0.724. The number of hydrogen-bond donors (Lipinski definition) is 2. The van der Waals surface area contributed by atoms with E-state index < -0.39 is 0 Å². The minimum Gasteiger partial charge on any atom is -0.396 e. The standard InChI is InChI=1S/C13H18N4/c1-15-7-8-17(2)13-10-5-3-4-6-12(10)16-9-11(13)14/h3-6,9,15H,7-8,14H2,1-2H3. The lowest BCUT2D eigenvalue weighted by Gasteiger charge is -2.22. The highest BCUT2D eigenvalue weighted by Crippen LogP contribution is 2.30. The number of benzene rings is 1. The summed E-state index contributed by atoms with van der Waals surface area (Å²) in [6, 6.07) is 8.07. The lowest BCUT2D eigenvalue weighted by Crippen LogP contribution is -2.27. The molecular weight excluding hydrogens is 212 g/mol. The topological polar surface area (TPSA) is 54.2 Å². The van der Waals surface area contributed by atoms with E-state index in [4.69, 9.17) is 5.73 Å². The second kappa shape index (κ2) is 5.01. The number of nitrogens with two attached hydrogens (primary N) is 1. The molecule has 0 spiro atoms. The maximum absolute atomic E-state index is 6.03. The molecule has 1 aromatic heterocycles. The molecule has 0 saturated carbocycles. The van der Waals surface area contributed by atoms with Gasteiger partial charge in [0.05, 0.1) is 23.1 Å². The summed E-state index contributed by atoms with van der Waals surface area (Å²) in [5.74, 6) is 0. The van der Waals surface area contributed by atoms with Crippen LogP contribution in [0.3, 0.4) is 0 Å².